The topological polar surface area (TPSA) is 74.6 Å². The molecule has 0 aliphatic carbocycles. The van der Waals surface area contributed by atoms with Gasteiger partial charge >= 0.3 is 11.9 Å². The molecule has 0 aromatic carbocycles. The second-order valence-electron chi connectivity index (χ2n) is 11.9. The molecule has 0 unspecified atom stereocenters. The van der Waals surface area contributed by atoms with Crippen LogP contribution in [0, 0.1) is 17.3 Å². The molecule has 0 saturated carbocycles. The fraction of sp³-hybridized carbons (Fsp3) is 0.935. The molecule has 0 saturated heterocycles. The van der Waals surface area contributed by atoms with Crippen LogP contribution < -0.4 is 0 Å². The normalized spacial score (nSPS) is 12.1. The van der Waals surface area contributed by atoms with Crippen molar-refractivity contribution in [2.24, 2.45) is 17.3 Å². The first-order valence-electron chi connectivity index (χ1n) is 15.2. The molecule has 0 fully saturated rings. The zero-order chi connectivity index (χ0) is 26.4. The van der Waals surface area contributed by atoms with E-state index < -0.39 is 17.4 Å². The summed E-state index contributed by atoms with van der Waals surface area (Å²) in [5.41, 5.74) is -1.59. The van der Waals surface area contributed by atoms with Gasteiger partial charge in [0.05, 0.1) is 0 Å². The van der Waals surface area contributed by atoms with E-state index in [-0.39, 0.29) is 12.8 Å². The molecule has 0 aromatic heterocycles. The van der Waals surface area contributed by atoms with Gasteiger partial charge in [-0.3, -0.25) is 9.59 Å². The van der Waals surface area contributed by atoms with Crippen molar-refractivity contribution in [3.63, 3.8) is 0 Å². The maximum atomic E-state index is 11.9. The highest BCUT2D eigenvalue weighted by atomic mass is 16.4. The Morgan fingerprint density at radius 2 is 0.686 bits per heavy atom. The lowest BCUT2D eigenvalue weighted by Crippen LogP contribution is -2.39. The Bertz CT molecular complexity index is 466. The van der Waals surface area contributed by atoms with E-state index in [1.807, 2.05) is 0 Å². The zero-order valence-corrected chi connectivity index (χ0v) is 23.9. The van der Waals surface area contributed by atoms with Crippen molar-refractivity contribution >= 4 is 11.9 Å². The average molecular weight is 497 g/mol. The van der Waals surface area contributed by atoms with Crippen LogP contribution in [-0.2, 0) is 9.59 Å². The van der Waals surface area contributed by atoms with E-state index in [0.29, 0.717) is 12.8 Å². The van der Waals surface area contributed by atoms with E-state index in [1.54, 1.807) is 0 Å². The fourth-order valence-electron chi connectivity index (χ4n) is 5.08. The van der Waals surface area contributed by atoms with Gasteiger partial charge < -0.3 is 10.2 Å². The van der Waals surface area contributed by atoms with Crippen LogP contribution in [0.25, 0.3) is 0 Å². The van der Waals surface area contributed by atoms with Crippen molar-refractivity contribution in [1.82, 2.24) is 0 Å². The van der Waals surface area contributed by atoms with Gasteiger partial charge in [-0.1, -0.05) is 156 Å². The molecule has 208 valence electrons. The molecule has 0 aliphatic rings. The molecule has 2 N–H and O–H groups in total. The van der Waals surface area contributed by atoms with Crippen LogP contribution in [0.1, 0.15) is 169 Å². The Balaban J connectivity index is 3.95. The smallest absolute Gasteiger partial charge is 0.321 e. The second kappa shape index (κ2) is 22.2. The largest absolute Gasteiger partial charge is 0.480 e. The third kappa shape index (κ3) is 18.8. The summed E-state index contributed by atoms with van der Waals surface area (Å²) in [6.45, 7) is 9.12. The van der Waals surface area contributed by atoms with Crippen LogP contribution in [0.2, 0.25) is 0 Å². The Morgan fingerprint density at radius 3 is 0.914 bits per heavy atom. The number of carboxylic acid groups (broad SMARTS) is 2. The van der Waals surface area contributed by atoms with Gasteiger partial charge in [0.25, 0.3) is 0 Å². The van der Waals surface area contributed by atoms with Gasteiger partial charge in [0.1, 0.15) is 0 Å². The number of carboxylic acids is 2. The predicted octanol–water partition coefficient (Wildman–Crippen LogP) is 10.0. The lowest BCUT2D eigenvalue weighted by Gasteiger charge is -2.25. The van der Waals surface area contributed by atoms with Gasteiger partial charge in [0.15, 0.2) is 5.41 Å². The molecule has 4 heteroatoms. The summed E-state index contributed by atoms with van der Waals surface area (Å²) in [6, 6.07) is 0. The van der Waals surface area contributed by atoms with Gasteiger partial charge in [0, 0.05) is 0 Å². The summed E-state index contributed by atoms with van der Waals surface area (Å²) < 4.78 is 0. The van der Waals surface area contributed by atoms with E-state index >= 15 is 0 Å². The number of rotatable bonds is 26. The monoisotopic (exact) mass is 496 g/mol. The van der Waals surface area contributed by atoms with Crippen LogP contribution in [0.3, 0.4) is 0 Å². The number of hydrogen-bond acceptors (Lipinski definition) is 2. The summed E-state index contributed by atoms with van der Waals surface area (Å²) in [5.74, 6) is -0.684. The van der Waals surface area contributed by atoms with Gasteiger partial charge in [-0.2, -0.15) is 0 Å². The van der Waals surface area contributed by atoms with Gasteiger partial charge in [0.2, 0.25) is 0 Å². The van der Waals surface area contributed by atoms with E-state index in [1.165, 1.54) is 89.9 Å². The summed E-state index contributed by atoms with van der Waals surface area (Å²) in [6.07, 6.45) is 24.0. The molecule has 0 radical (unpaired) electrons. The molecule has 0 aromatic rings. The summed E-state index contributed by atoms with van der Waals surface area (Å²) >= 11 is 0. The van der Waals surface area contributed by atoms with Gasteiger partial charge in [-0.25, -0.2) is 0 Å². The Labute approximate surface area is 218 Å². The SMILES string of the molecule is CC(C)CCCCCCCCCCCC(CCCCCCCCCCCC(C)C)(C(=O)O)C(=O)O. The number of hydrogen-bond donors (Lipinski definition) is 2. The molecule has 35 heavy (non-hydrogen) atoms. The van der Waals surface area contributed by atoms with Crippen molar-refractivity contribution in [3.8, 4) is 0 Å². The molecule has 0 rings (SSSR count). The molecule has 0 heterocycles. The maximum Gasteiger partial charge on any atom is 0.321 e. The fourth-order valence-corrected chi connectivity index (χ4v) is 5.08. The first kappa shape index (κ1) is 33.9. The highest BCUT2D eigenvalue weighted by Gasteiger charge is 2.45. The molecule has 0 bridgehead atoms. The van der Waals surface area contributed by atoms with Crippen LogP contribution in [-0.4, -0.2) is 22.2 Å². The van der Waals surface area contributed by atoms with E-state index in [2.05, 4.69) is 27.7 Å². The highest BCUT2D eigenvalue weighted by Crippen LogP contribution is 2.33. The second-order valence-corrected chi connectivity index (χ2v) is 11.9. The van der Waals surface area contributed by atoms with Crippen molar-refractivity contribution in [2.45, 2.75) is 169 Å². The predicted molar refractivity (Wildman–Crippen MR) is 149 cm³/mol. The lowest BCUT2D eigenvalue weighted by atomic mass is 9.78. The Hall–Kier alpha value is -1.06. The van der Waals surface area contributed by atoms with E-state index in [4.69, 9.17) is 0 Å². The molecular formula is C31H60O4. The van der Waals surface area contributed by atoms with Crippen molar-refractivity contribution < 1.29 is 19.8 Å². The van der Waals surface area contributed by atoms with Gasteiger partial charge in [-0.15, -0.1) is 0 Å². The third-order valence-corrected chi connectivity index (χ3v) is 7.59. The van der Waals surface area contributed by atoms with Crippen molar-refractivity contribution in [3.05, 3.63) is 0 Å². The van der Waals surface area contributed by atoms with E-state index in [9.17, 15) is 19.8 Å². The van der Waals surface area contributed by atoms with Crippen LogP contribution in [0.4, 0.5) is 0 Å². The van der Waals surface area contributed by atoms with Crippen LogP contribution in [0.5, 0.6) is 0 Å². The quantitative estimate of drug-likeness (QED) is 0.0922. The Kier molecular flexibility index (Phi) is 21.5. The molecular weight excluding hydrogens is 436 g/mol. The first-order chi connectivity index (χ1) is 16.7. The highest BCUT2D eigenvalue weighted by molar-refractivity contribution is 5.98. The van der Waals surface area contributed by atoms with Gasteiger partial charge in [-0.05, 0) is 24.7 Å². The summed E-state index contributed by atoms with van der Waals surface area (Å²) in [7, 11) is 0. The molecule has 0 amide bonds. The van der Waals surface area contributed by atoms with Crippen LogP contribution >= 0.6 is 0 Å². The number of carbonyl (C=O) groups is 2. The van der Waals surface area contributed by atoms with E-state index in [0.717, 1.165) is 37.5 Å². The molecule has 0 aliphatic heterocycles. The minimum absolute atomic E-state index is 0.267. The van der Waals surface area contributed by atoms with Crippen molar-refractivity contribution in [2.75, 3.05) is 0 Å². The standard InChI is InChI=1S/C31H60O4/c1-27(2)23-19-15-11-7-5-9-13-17-21-25-31(29(32)33,30(34)35)26-22-18-14-10-6-8-12-16-20-24-28(3)4/h27-28H,5-26H2,1-4H3,(H,32,33)(H,34,35). The minimum Gasteiger partial charge on any atom is -0.480 e. The number of unbranched alkanes of at least 4 members (excludes halogenated alkanes) is 16. The summed E-state index contributed by atoms with van der Waals surface area (Å²) in [5, 5.41) is 19.5. The maximum absolute atomic E-state index is 11.9. The first-order valence-corrected chi connectivity index (χ1v) is 15.2. The number of aliphatic carboxylic acids is 2. The average Bonchev–Trinajstić information content (AvgIpc) is 2.78. The Morgan fingerprint density at radius 1 is 0.457 bits per heavy atom. The molecule has 0 atom stereocenters. The molecule has 0 spiro atoms. The summed E-state index contributed by atoms with van der Waals surface area (Å²) in [4.78, 5) is 23.9. The van der Waals surface area contributed by atoms with Crippen molar-refractivity contribution in [1.29, 1.82) is 0 Å². The lowest BCUT2D eigenvalue weighted by molar-refractivity contribution is -0.166. The zero-order valence-electron chi connectivity index (χ0n) is 23.9. The third-order valence-electron chi connectivity index (χ3n) is 7.59. The molecule has 4 nitrogen and oxygen atoms in total. The van der Waals surface area contributed by atoms with Crippen LogP contribution in [0.15, 0.2) is 0 Å². The minimum atomic E-state index is -1.59.